The van der Waals surface area contributed by atoms with Gasteiger partial charge in [0, 0.05) is 11.6 Å². The van der Waals surface area contributed by atoms with Crippen LogP contribution >= 0.6 is 0 Å². The molecule has 0 aliphatic heterocycles. The Bertz CT molecular complexity index is 1690. The first-order chi connectivity index (χ1) is 14.3. The summed E-state index contributed by atoms with van der Waals surface area (Å²) in [6.07, 6.45) is 0.459. The number of benzene rings is 1. The van der Waals surface area contributed by atoms with E-state index in [1.807, 2.05) is 0 Å². The number of fused-ring (bicyclic) bond motifs is 3. The molecule has 0 aromatic heterocycles. The van der Waals surface area contributed by atoms with Crippen LogP contribution < -0.4 is 36.9 Å². The molecule has 3 N–H and O–H groups in total. The fourth-order valence-electron chi connectivity index (χ4n) is 4.89. The van der Waals surface area contributed by atoms with Gasteiger partial charge in [0.2, 0.25) is 16.3 Å². The standard InChI is InChI=1S/C22H14O8/c1-30-11-7-10(24)12-13(17(11)25)19(27)15-14(18(12)26)20(28)22(21(15)29)6-5-8-3-2-4-9(23)16(8)22/h2-4,7,23,28-29H,5-6H2,1H3. The Balaban J connectivity index is 2.12. The van der Waals surface area contributed by atoms with Crippen molar-refractivity contribution in [2.24, 2.45) is 0 Å². The van der Waals surface area contributed by atoms with Crippen LogP contribution in [0, 0.1) is 10.4 Å². The molecule has 30 heavy (non-hydrogen) atoms. The summed E-state index contributed by atoms with van der Waals surface area (Å²) in [5, 5.41) is 30.2. The second-order valence-corrected chi connectivity index (χ2v) is 7.48. The summed E-state index contributed by atoms with van der Waals surface area (Å²) in [6, 6.07) is 5.50. The lowest BCUT2D eigenvalue weighted by molar-refractivity contribution is 0.361. The van der Waals surface area contributed by atoms with Crippen LogP contribution in [0.1, 0.15) is 17.5 Å². The number of hydrogen-bond donors (Lipinski definition) is 3. The summed E-state index contributed by atoms with van der Waals surface area (Å²) < 4.78 is 4.84. The molecule has 8 heteroatoms. The molecule has 0 fully saturated rings. The SMILES string of the molecule is COc1cc(=O)c2c(=O)c3c(c(=O)c=2c1=O)=C(O)C1(CCc2cccc(O)c21)C=3O. The molecule has 1 atom stereocenters. The van der Waals surface area contributed by atoms with Crippen LogP contribution in [-0.4, -0.2) is 22.4 Å². The molecule has 1 spiro atoms. The minimum absolute atomic E-state index is 0.0965. The topological polar surface area (TPSA) is 138 Å². The van der Waals surface area contributed by atoms with Crippen molar-refractivity contribution >= 4 is 11.5 Å². The zero-order valence-electron chi connectivity index (χ0n) is 15.6. The van der Waals surface area contributed by atoms with Gasteiger partial charge in [-0.25, -0.2) is 0 Å². The van der Waals surface area contributed by atoms with E-state index in [4.69, 9.17) is 4.74 Å². The summed E-state index contributed by atoms with van der Waals surface area (Å²) in [7, 11) is 1.15. The van der Waals surface area contributed by atoms with E-state index in [1.165, 1.54) is 6.07 Å². The summed E-state index contributed by atoms with van der Waals surface area (Å²) in [6.45, 7) is 0. The van der Waals surface area contributed by atoms with Crippen molar-refractivity contribution in [3.05, 3.63) is 97.2 Å². The molecule has 4 aliphatic rings. The number of phenolic OH excluding ortho intramolecular Hbond substituents is 1. The summed E-state index contributed by atoms with van der Waals surface area (Å²) in [5.41, 5.74) is -4.74. The fraction of sp³-hybridized carbons (Fsp3) is 0.182. The van der Waals surface area contributed by atoms with Crippen LogP contribution in [0.5, 0.6) is 11.5 Å². The Kier molecular flexibility index (Phi) is 3.36. The van der Waals surface area contributed by atoms with Crippen LogP contribution in [0.3, 0.4) is 0 Å². The van der Waals surface area contributed by atoms with Crippen molar-refractivity contribution in [2.75, 3.05) is 7.11 Å². The highest BCUT2D eigenvalue weighted by Gasteiger charge is 2.52. The quantitative estimate of drug-likeness (QED) is 0.452. The second kappa shape index (κ2) is 5.56. The number of aliphatic hydroxyl groups excluding tert-OH is 2. The molecule has 1 aromatic rings. The van der Waals surface area contributed by atoms with E-state index < -0.39 is 65.3 Å². The van der Waals surface area contributed by atoms with E-state index in [2.05, 4.69) is 0 Å². The van der Waals surface area contributed by atoms with Gasteiger partial charge in [-0.1, -0.05) is 12.1 Å². The van der Waals surface area contributed by atoms with Crippen molar-refractivity contribution in [3.8, 4) is 11.5 Å². The third kappa shape index (κ3) is 1.81. The number of aromatic hydroxyl groups is 1. The third-order valence-electron chi connectivity index (χ3n) is 6.19. The smallest absolute Gasteiger partial charge is 0.232 e. The molecule has 8 nitrogen and oxygen atoms in total. The van der Waals surface area contributed by atoms with Crippen LogP contribution in [-0.2, 0) is 11.8 Å². The molecule has 1 unspecified atom stereocenters. The molecule has 1 aromatic carbocycles. The lowest BCUT2D eigenvalue weighted by atomic mass is 9.79. The van der Waals surface area contributed by atoms with E-state index in [0.29, 0.717) is 12.0 Å². The number of hydrogen-bond acceptors (Lipinski definition) is 8. The Morgan fingerprint density at radius 1 is 0.867 bits per heavy atom. The summed E-state index contributed by atoms with van der Waals surface area (Å²) >= 11 is 0. The predicted molar refractivity (Wildman–Crippen MR) is 105 cm³/mol. The maximum absolute atomic E-state index is 13.2. The van der Waals surface area contributed by atoms with Crippen molar-refractivity contribution < 1.29 is 20.1 Å². The lowest BCUT2D eigenvalue weighted by Crippen LogP contribution is -2.51. The van der Waals surface area contributed by atoms with Crippen molar-refractivity contribution in [1.29, 1.82) is 0 Å². The van der Waals surface area contributed by atoms with E-state index in [-0.39, 0.29) is 17.7 Å². The van der Waals surface area contributed by atoms with E-state index in [0.717, 1.165) is 13.2 Å². The van der Waals surface area contributed by atoms with Crippen molar-refractivity contribution in [2.45, 2.75) is 18.3 Å². The first-order valence-corrected chi connectivity index (χ1v) is 9.13. The maximum Gasteiger partial charge on any atom is 0.232 e. The zero-order valence-corrected chi connectivity index (χ0v) is 15.6. The van der Waals surface area contributed by atoms with E-state index in [9.17, 15) is 34.5 Å². The molecule has 0 bridgehead atoms. The van der Waals surface area contributed by atoms with Gasteiger partial charge in [-0.15, -0.1) is 0 Å². The van der Waals surface area contributed by atoms with Crippen LogP contribution in [0.4, 0.5) is 0 Å². The fourth-order valence-corrected chi connectivity index (χ4v) is 4.89. The van der Waals surface area contributed by atoms with Gasteiger partial charge < -0.3 is 20.1 Å². The monoisotopic (exact) mass is 406 g/mol. The predicted octanol–water partition coefficient (Wildman–Crippen LogP) is -1.33. The van der Waals surface area contributed by atoms with E-state index in [1.54, 1.807) is 12.1 Å². The number of aryl methyl sites for hydroxylation is 1. The van der Waals surface area contributed by atoms with Crippen LogP contribution in [0.2, 0.25) is 0 Å². The van der Waals surface area contributed by atoms with Gasteiger partial charge in [-0.2, -0.15) is 0 Å². The highest BCUT2D eigenvalue weighted by Crippen LogP contribution is 2.52. The Morgan fingerprint density at radius 2 is 1.50 bits per heavy atom. The first kappa shape index (κ1) is 18.1. The lowest BCUT2D eigenvalue weighted by Gasteiger charge is -2.26. The maximum atomic E-state index is 13.2. The largest absolute Gasteiger partial charge is 0.510 e. The molecule has 0 saturated heterocycles. The first-order valence-electron chi connectivity index (χ1n) is 9.13. The van der Waals surface area contributed by atoms with Gasteiger partial charge in [-0.05, 0) is 24.5 Å². The molecule has 0 radical (unpaired) electrons. The van der Waals surface area contributed by atoms with Crippen molar-refractivity contribution in [3.63, 3.8) is 0 Å². The molecular formula is C22H14O8. The van der Waals surface area contributed by atoms with Gasteiger partial charge in [0.15, 0.2) is 11.2 Å². The molecule has 5 rings (SSSR count). The molecular weight excluding hydrogens is 392 g/mol. The minimum atomic E-state index is -1.69. The Hall–Kier alpha value is -3.94. The normalized spacial score (nSPS) is 19.5. The average Bonchev–Trinajstić information content (AvgIpc) is 3.21. The number of rotatable bonds is 1. The molecule has 0 amide bonds. The summed E-state index contributed by atoms with van der Waals surface area (Å²) in [4.78, 5) is 51.5. The van der Waals surface area contributed by atoms with E-state index >= 15 is 0 Å². The average molecular weight is 406 g/mol. The number of phenols is 1. The zero-order chi connectivity index (χ0) is 21.5. The number of aliphatic hydroxyl groups is 2. The molecule has 0 saturated carbocycles. The van der Waals surface area contributed by atoms with Gasteiger partial charge >= 0.3 is 0 Å². The highest BCUT2D eigenvalue weighted by molar-refractivity contribution is 5.81. The van der Waals surface area contributed by atoms with Gasteiger partial charge in [-0.3, -0.25) is 19.2 Å². The third-order valence-corrected chi connectivity index (χ3v) is 6.19. The number of ether oxygens (including phenoxy) is 1. The Labute approximate surface area is 166 Å². The Morgan fingerprint density at radius 3 is 2.13 bits per heavy atom. The van der Waals surface area contributed by atoms with Crippen LogP contribution in [0.25, 0.3) is 11.5 Å². The van der Waals surface area contributed by atoms with Gasteiger partial charge in [0.25, 0.3) is 0 Å². The molecule has 150 valence electrons. The van der Waals surface area contributed by atoms with Gasteiger partial charge in [0.05, 0.1) is 28.0 Å². The minimum Gasteiger partial charge on any atom is -0.510 e. The molecule has 0 heterocycles. The molecule has 4 aliphatic carbocycles. The van der Waals surface area contributed by atoms with Gasteiger partial charge in [0.1, 0.15) is 22.7 Å². The van der Waals surface area contributed by atoms with Crippen molar-refractivity contribution in [1.82, 2.24) is 0 Å². The number of methoxy groups -OCH3 is 1. The summed E-state index contributed by atoms with van der Waals surface area (Å²) in [5.74, 6) is -1.83. The second-order valence-electron chi connectivity index (χ2n) is 7.48. The highest BCUT2D eigenvalue weighted by atomic mass is 16.5. The van der Waals surface area contributed by atoms with Crippen LogP contribution in [0.15, 0.2) is 43.4 Å².